The van der Waals surface area contributed by atoms with Crippen molar-refractivity contribution in [2.24, 2.45) is 10.9 Å². The van der Waals surface area contributed by atoms with E-state index in [-0.39, 0.29) is 23.9 Å². The molecule has 1 aromatic carbocycles. The first-order valence-electron chi connectivity index (χ1n) is 10.8. The summed E-state index contributed by atoms with van der Waals surface area (Å²) in [5.74, 6) is 1.07. The minimum atomic E-state index is 0.0903. The largest absolute Gasteiger partial charge is 0.364 e. The van der Waals surface area contributed by atoms with Gasteiger partial charge in [-0.25, -0.2) is 0 Å². The molecule has 29 heavy (non-hydrogen) atoms. The SMILES string of the molecule is CN=C(NCc1cccc(N2CC=CC2)c1)NC1CCCC(C(=O)NC(C)C)C1. The Bertz CT molecular complexity index is 735. The standard InChI is InChI=1S/C23H35N5O/c1-17(2)26-22(29)19-9-7-10-20(15-19)27-23(24-3)25-16-18-8-6-11-21(14-18)28-12-4-5-13-28/h4-6,8,11,14,17,19-20H,7,9-10,12-13,15-16H2,1-3H3,(H,26,29)(H2,24,25,27). The van der Waals surface area contributed by atoms with Crippen LogP contribution in [0.5, 0.6) is 0 Å². The van der Waals surface area contributed by atoms with Crippen LogP contribution in [0.2, 0.25) is 0 Å². The summed E-state index contributed by atoms with van der Waals surface area (Å²) in [5, 5.41) is 10.0. The molecule has 1 aliphatic carbocycles. The van der Waals surface area contributed by atoms with Gasteiger partial charge in [0.2, 0.25) is 5.91 Å². The van der Waals surface area contributed by atoms with Crippen LogP contribution in [0.1, 0.15) is 45.1 Å². The van der Waals surface area contributed by atoms with E-state index in [0.717, 1.165) is 51.3 Å². The quantitative estimate of drug-likeness (QED) is 0.392. The maximum Gasteiger partial charge on any atom is 0.223 e. The molecule has 6 heteroatoms. The molecular formula is C23H35N5O. The topological polar surface area (TPSA) is 68.8 Å². The van der Waals surface area contributed by atoms with E-state index in [1.807, 2.05) is 13.8 Å². The summed E-state index contributed by atoms with van der Waals surface area (Å²) < 4.78 is 0. The summed E-state index contributed by atoms with van der Waals surface area (Å²) in [7, 11) is 1.80. The van der Waals surface area contributed by atoms with E-state index in [4.69, 9.17) is 0 Å². The van der Waals surface area contributed by atoms with Crippen LogP contribution in [-0.4, -0.2) is 44.1 Å². The second-order valence-corrected chi connectivity index (χ2v) is 8.34. The molecule has 6 nitrogen and oxygen atoms in total. The molecule has 0 aromatic heterocycles. The van der Waals surface area contributed by atoms with Crippen molar-refractivity contribution in [2.75, 3.05) is 25.0 Å². The Morgan fingerprint density at radius 3 is 2.76 bits per heavy atom. The molecule has 1 fully saturated rings. The molecule has 3 rings (SSSR count). The van der Waals surface area contributed by atoms with Gasteiger partial charge in [-0.15, -0.1) is 0 Å². The molecule has 3 N–H and O–H groups in total. The average Bonchev–Trinajstić information content (AvgIpc) is 3.26. The van der Waals surface area contributed by atoms with E-state index in [9.17, 15) is 4.79 Å². The second-order valence-electron chi connectivity index (χ2n) is 8.34. The van der Waals surface area contributed by atoms with Gasteiger partial charge in [0, 0.05) is 50.4 Å². The van der Waals surface area contributed by atoms with Gasteiger partial charge in [-0.1, -0.05) is 30.7 Å². The van der Waals surface area contributed by atoms with Crippen LogP contribution in [-0.2, 0) is 11.3 Å². The fourth-order valence-electron chi connectivity index (χ4n) is 4.09. The smallest absolute Gasteiger partial charge is 0.223 e. The Kier molecular flexibility index (Phi) is 7.55. The fraction of sp³-hybridized carbons (Fsp3) is 0.565. The normalized spacial score (nSPS) is 22.1. The van der Waals surface area contributed by atoms with Crippen molar-refractivity contribution < 1.29 is 4.79 Å². The first-order chi connectivity index (χ1) is 14.0. The molecule has 0 saturated heterocycles. The molecule has 1 aromatic rings. The van der Waals surface area contributed by atoms with E-state index in [2.05, 4.69) is 62.3 Å². The number of benzene rings is 1. The average molecular weight is 398 g/mol. The molecule has 1 heterocycles. The molecule has 2 aliphatic rings. The number of carbonyl (C=O) groups excluding carboxylic acids is 1. The molecule has 158 valence electrons. The highest BCUT2D eigenvalue weighted by Gasteiger charge is 2.28. The molecule has 2 atom stereocenters. The monoisotopic (exact) mass is 397 g/mol. The van der Waals surface area contributed by atoms with E-state index >= 15 is 0 Å². The lowest BCUT2D eigenvalue weighted by Crippen LogP contribution is -2.47. The lowest BCUT2D eigenvalue weighted by molar-refractivity contribution is -0.126. The van der Waals surface area contributed by atoms with Gasteiger partial charge < -0.3 is 20.9 Å². The lowest BCUT2D eigenvalue weighted by atomic mass is 9.85. The van der Waals surface area contributed by atoms with Crippen molar-refractivity contribution in [3.8, 4) is 0 Å². The summed E-state index contributed by atoms with van der Waals surface area (Å²) in [6.07, 6.45) is 8.38. The number of carbonyl (C=O) groups is 1. The zero-order valence-electron chi connectivity index (χ0n) is 17.9. The number of guanidine groups is 1. The van der Waals surface area contributed by atoms with Crippen molar-refractivity contribution >= 4 is 17.6 Å². The molecule has 0 bridgehead atoms. The minimum Gasteiger partial charge on any atom is -0.364 e. The number of nitrogens with one attached hydrogen (secondary N) is 3. The Balaban J connectivity index is 1.50. The Morgan fingerprint density at radius 2 is 2.03 bits per heavy atom. The number of hydrogen-bond donors (Lipinski definition) is 3. The van der Waals surface area contributed by atoms with Crippen LogP contribution in [0.4, 0.5) is 5.69 Å². The summed E-state index contributed by atoms with van der Waals surface area (Å²) in [4.78, 5) is 19.1. The Labute approximate surface area is 174 Å². The van der Waals surface area contributed by atoms with Gasteiger partial charge >= 0.3 is 0 Å². The highest BCUT2D eigenvalue weighted by molar-refractivity contribution is 5.81. The van der Waals surface area contributed by atoms with Crippen LogP contribution >= 0.6 is 0 Å². The predicted octanol–water partition coefficient (Wildman–Crippen LogP) is 2.81. The third-order valence-corrected chi connectivity index (χ3v) is 5.59. The van der Waals surface area contributed by atoms with E-state index < -0.39 is 0 Å². The summed E-state index contributed by atoms with van der Waals surface area (Å²) in [6, 6.07) is 9.12. The van der Waals surface area contributed by atoms with Crippen molar-refractivity contribution in [3.05, 3.63) is 42.0 Å². The number of anilines is 1. The molecule has 1 amide bonds. The Hall–Kier alpha value is -2.50. The van der Waals surface area contributed by atoms with Crippen molar-refractivity contribution in [1.82, 2.24) is 16.0 Å². The molecule has 1 saturated carbocycles. The summed E-state index contributed by atoms with van der Waals surface area (Å²) in [6.45, 7) is 6.70. The molecule has 0 spiro atoms. The van der Waals surface area contributed by atoms with Crippen LogP contribution in [0, 0.1) is 5.92 Å². The van der Waals surface area contributed by atoms with Gasteiger partial charge in [-0.3, -0.25) is 9.79 Å². The zero-order valence-corrected chi connectivity index (χ0v) is 17.9. The molecule has 1 aliphatic heterocycles. The maximum absolute atomic E-state index is 12.4. The predicted molar refractivity (Wildman–Crippen MR) is 120 cm³/mol. The first-order valence-corrected chi connectivity index (χ1v) is 10.8. The highest BCUT2D eigenvalue weighted by Crippen LogP contribution is 2.24. The van der Waals surface area contributed by atoms with Crippen LogP contribution in [0.3, 0.4) is 0 Å². The second kappa shape index (κ2) is 10.3. The third-order valence-electron chi connectivity index (χ3n) is 5.59. The van der Waals surface area contributed by atoms with Crippen LogP contribution < -0.4 is 20.9 Å². The number of rotatable bonds is 6. The zero-order chi connectivity index (χ0) is 20.6. The van der Waals surface area contributed by atoms with E-state index in [1.165, 1.54) is 11.3 Å². The van der Waals surface area contributed by atoms with Gasteiger partial charge in [-0.2, -0.15) is 0 Å². The number of nitrogens with zero attached hydrogens (tertiary/aromatic N) is 2. The number of aliphatic imine (C=N–C) groups is 1. The molecular weight excluding hydrogens is 362 g/mol. The van der Waals surface area contributed by atoms with Gasteiger partial charge in [0.15, 0.2) is 5.96 Å². The first kappa shape index (κ1) is 21.2. The van der Waals surface area contributed by atoms with Crippen molar-refractivity contribution in [3.63, 3.8) is 0 Å². The van der Waals surface area contributed by atoms with E-state index in [0.29, 0.717) is 0 Å². The number of hydrogen-bond acceptors (Lipinski definition) is 3. The van der Waals surface area contributed by atoms with Gasteiger partial charge in [0.25, 0.3) is 0 Å². The summed E-state index contributed by atoms with van der Waals surface area (Å²) in [5.41, 5.74) is 2.48. The minimum absolute atomic E-state index is 0.0903. The van der Waals surface area contributed by atoms with E-state index in [1.54, 1.807) is 7.05 Å². The maximum atomic E-state index is 12.4. The van der Waals surface area contributed by atoms with Crippen molar-refractivity contribution in [1.29, 1.82) is 0 Å². The fourth-order valence-corrected chi connectivity index (χ4v) is 4.09. The van der Waals surface area contributed by atoms with Gasteiger partial charge in [0.05, 0.1) is 0 Å². The lowest BCUT2D eigenvalue weighted by Gasteiger charge is -2.30. The van der Waals surface area contributed by atoms with Crippen LogP contribution in [0.15, 0.2) is 41.4 Å². The number of amides is 1. The summed E-state index contributed by atoms with van der Waals surface area (Å²) >= 11 is 0. The highest BCUT2D eigenvalue weighted by atomic mass is 16.1. The van der Waals surface area contributed by atoms with Gasteiger partial charge in [0.1, 0.15) is 0 Å². The third kappa shape index (κ3) is 6.24. The van der Waals surface area contributed by atoms with Crippen LogP contribution in [0.25, 0.3) is 0 Å². The van der Waals surface area contributed by atoms with Crippen molar-refractivity contribution in [2.45, 2.75) is 58.2 Å². The molecule has 0 radical (unpaired) electrons. The molecule has 2 unspecified atom stereocenters. The van der Waals surface area contributed by atoms with Gasteiger partial charge in [-0.05, 0) is 50.8 Å². The Morgan fingerprint density at radius 1 is 1.24 bits per heavy atom.